The van der Waals surface area contributed by atoms with E-state index in [4.69, 9.17) is 14.5 Å². The van der Waals surface area contributed by atoms with Gasteiger partial charge in [-0.2, -0.15) is 0 Å². The van der Waals surface area contributed by atoms with Gasteiger partial charge in [-0.15, -0.1) is 0 Å². The zero-order valence-electron chi connectivity index (χ0n) is 22.4. The van der Waals surface area contributed by atoms with E-state index in [1.807, 2.05) is 90.5 Å². The van der Waals surface area contributed by atoms with Crippen LogP contribution in [0.2, 0.25) is 0 Å². The Kier molecular flexibility index (Phi) is 7.63. The fourth-order valence-corrected chi connectivity index (χ4v) is 4.36. The van der Waals surface area contributed by atoms with Gasteiger partial charge in [0.2, 0.25) is 11.9 Å². The fraction of sp³-hybridized carbons (Fsp3) is 0.258. The zero-order valence-corrected chi connectivity index (χ0v) is 22.4. The van der Waals surface area contributed by atoms with Crippen LogP contribution in [0, 0.1) is 12.8 Å². The van der Waals surface area contributed by atoms with Crippen molar-refractivity contribution in [1.29, 1.82) is 0 Å². The molecule has 5 rings (SSSR count). The van der Waals surface area contributed by atoms with Crippen molar-refractivity contribution in [1.82, 2.24) is 14.5 Å². The summed E-state index contributed by atoms with van der Waals surface area (Å²) in [4.78, 5) is 33.0. The molecule has 1 N–H and O–H groups in total. The Bertz CT molecular complexity index is 1440. The maximum absolute atomic E-state index is 13.3. The standard InChI is InChI=1S/C31H32N4O4/c1-21-4-8-24(9-5-21)30(37)34(18-22-6-7-22)20-29(36)33-31-32-28(23-10-14-26(38-2)15-11-23)19-35(31)25-12-16-27(39-3)17-13-25/h4-5,8-17,19,22H,6-7,18,20H2,1-3H3,(H,32,33,36). The van der Waals surface area contributed by atoms with Gasteiger partial charge in [0.1, 0.15) is 18.0 Å². The number of carbonyl (C=O) groups excluding carboxylic acids is 2. The monoisotopic (exact) mass is 524 g/mol. The van der Waals surface area contributed by atoms with E-state index < -0.39 is 0 Å². The summed E-state index contributed by atoms with van der Waals surface area (Å²) in [7, 11) is 3.24. The number of anilines is 1. The summed E-state index contributed by atoms with van der Waals surface area (Å²) < 4.78 is 12.4. The molecule has 1 aromatic heterocycles. The second-order valence-corrected chi connectivity index (χ2v) is 9.79. The molecule has 1 saturated carbocycles. The SMILES string of the molecule is COc1ccc(-c2cn(-c3ccc(OC)cc3)c(NC(=O)CN(CC3CC3)C(=O)c3ccc(C)cc3)n2)cc1. The molecule has 1 aliphatic carbocycles. The molecule has 0 aliphatic heterocycles. The Morgan fingerprint density at radius 1 is 0.923 bits per heavy atom. The summed E-state index contributed by atoms with van der Waals surface area (Å²) in [5, 5.41) is 2.95. The molecule has 0 saturated heterocycles. The summed E-state index contributed by atoms with van der Waals surface area (Å²) >= 11 is 0. The number of hydrogen-bond donors (Lipinski definition) is 1. The smallest absolute Gasteiger partial charge is 0.254 e. The predicted octanol–water partition coefficient (Wildman–Crippen LogP) is 5.36. The highest BCUT2D eigenvalue weighted by atomic mass is 16.5. The lowest BCUT2D eigenvalue weighted by Crippen LogP contribution is -2.39. The van der Waals surface area contributed by atoms with Crippen LogP contribution in [0.5, 0.6) is 11.5 Å². The highest BCUT2D eigenvalue weighted by molar-refractivity contribution is 5.99. The molecule has 200 valence electrons. The molecule has 0 unspecified atom stereocenters. The van der Waals surface area contributed by atoms with Crippen molar-refractivity contribution in [2.75, 3.05) is 32.6 Å². The summed E-state index contributed by atoms with van der Waals surface area (Å²) in [6.07, 6.45) is 4.03. The minimum Gasteiger partial charge on any atom is -0.497 e. The fourth-order valence-electron chi connectivity index (χ4n) is 4.36. The third kappa shape index (κ3) is 6.29. The Balaban J connectivity index is 1.41. The van der Waals surface area contributed by atoms with Crippen LogP contribution in [0.1, 0.15) is 28.8 Å². The highest BCUT2D eigenvalue weighted by Gasteiger charge is 2.29. The largest absolute Gasteiger partial charge is 0.497 e. The zero-order chi connectivity index (χ0) is 27.4. The third-order valence-corrected chi connectivity index (χ3v) is 6.79. The van der Waals surface area contributed by atoms with E-state index in [9.17, 15) is 9.59 Å². The molecule has 1 heterocycles. The van der Waals surface area contributed by atoms with Gasteiger partial charge >= 0.3 is 0 Å². The number of methoxy groups -OCH3 is 2. The van der Waals surface area contributed by atoms with Crippen molar-refractivity contribution < 1.29 is 19.1 Å². The maximum Gasteiger partial charge on any atom is 0.254 e. The average Bonchev–Trinajstić information content (AvgIpc) is 3.69. The number of nitrogens with zero attached hydrogens (tertiary/aromatic N) is 3. The van der Waals surface area contributed by atoms with Crippen LogP contribution in [-0.2, 0) is 4.79 Å². The van der Waals surface area contributed by atoms with Crippen molar-refractivity contribution in [3.8, 4) is 28.4 Å². The first-order valence-electron chi connectivity index (χ1n) is 13.0. The second-order valence-electron chi connectivity index (χ2n) is 9.79. The Hall–Kier alpha value is -4.59. The summed E-state index contributed by atoms with van der Waals surface area (Å²) in [5.41, 5.74) is 4.04. The van der Waals surface area contributed by atoms with Gasteiger partial charge in [0.05, 0.1) is 19.9 Å². The van der Waals surface area contributed by atoms with Crippen LogP contribution < -0.4 is 14.8 Å². The number of aromatic nitrogens is 2. The van der Waals surface area contributed by atoms with Crippen LogP contribution >= 0.6 is 0 Å². The van der Waals surface area contributed by atoms with E-state index in [0.717, 1.165) is 41.2 Å². The first-order valence-corrected chi connectivity index (χ1v) is 13.0. The molecule has 0 spiro atoms. The number of nitrogens with one attached hydrogen (secondary N) is 1. The quantitative estimate of drug-likeness (QED) is 0.302. The van der Waals surface area contributed by atoms with E-state index in [1.54, 1.807) is 19.1 Å². The molecular formula is C31H32N4O4. The van der Waals surface area contributed by atoms with Crippen LogP contribution in [0.3, 0.4) is 0 Å². The number of carbonyl (C=O) groups is 2. The summed E-state index contributed by atoms with van der Waals surface area (Å²) in [5.74, 6) is 1.83. The normalized spacial score (nSPS) is 12.6. The van der Waals surface area contributed by atoms with Crippen molar-refractivity contribution in [3.63, 3.8) is 0 Å². The van der Waals surface area contributed by atoms with Gasteiger partial charge in [0, 0.05) is 29.6 Å². The second kappa shape index (κ2) is 11.4. The number of ether oxygens (including phenoxy) is 2. The van der Waals surface area contributed by atoms with Crippen LogP contribution in [-0.4, -0.2) is 53.6 Å². The van der Waals surface area contributed by atoms with Gasteiger partial charge in [0.15, 0.2) is 0 Å². The number of aryl methyl sites for hydroxylation is 1. The minimum absolute atomic E-state index is 0.0590. The molecule has 0 bridgehead atoms. The first-order chi connectivity index (χ1) is 18.9. The van der Waals surface area contributed by atoms with E-state index >= 15 is 0 Å². The van der Waals surface area contributed by atoms with E-state index in [2.05, 4.69) is 5.32 Å². The molecule has 39 heavy (non-hydrogen) atoms. The van der Waals surface area contributed by atoms with Crippen LogP contribution in [0.25, 0.3) is 16.9 Å². The molecular weight excluding hydrogens is 492 g/mol. The van der Waals surface area contributed by atoms with Gasteiger partial charge in [-0.3, -0.25) is 19.5 Å². The highest BCUT2D eigenvalue weighted by Crippen LogP contribution is 2.30. The van der Waals surface area contributed by atoms with Gasteiger partial charge in [0.25, 0.3) is 5.91 Å². The topological polar surface area (TPSA) is 85.7 Å². The molecule has 0 atom stereocenters. The predicted molar refractivity (Wildman–Crippen MR) is 151 cm³/mol. The maximum atomic E-state index is 13.3. The lowest BCUT2D eigenvalue weighted by Gasteiger charge is -2.22. The lowest BCUT2D eigenvalue weighted by atomic mass is 10.1. The molecule has 8 heteroatoms. The number of rotatable bonds is 10. The molecule has 2 amide bonds. The molecule has 1 fully saturated rings. The van der Waals surface area contributed by atoms with Crippen molar-refractivity contribution in [2.45, 2.75) is 19.8 Å². The van der Waals surface area contributed by atoms with Gasteiger partial charge in [-0.1, -0.05) is 17.7 Å². The minimum atomic E-state index is -0.308. The van der Waals surface area contributed by atoms with Crippen LogP contribution in [0.4, 0.5) is 5.95 Å². The van der Waals surface area contributed by atoms with E-state index in [1.165, 1.54) is 0 Å². The Morgan fingerprint density at radius 3 is 2.13 bits per heavy atom. The van der Waals surface area contributed by atoms with Crippen LogP contribution in [0.15, 0.2) is 79.0 Å². The molecule has 0 radical (unpaired) electrons. The molecule has 4 aromatic rings. The molecule has 3 aromatic carbocycles. The van der Waals surface area contributed by atoms with Crippen molar-refractivity contribution in [2.24, 2.45) is 5.92 Å². The first kappa shape index (κ1) is 26.0. The van der Waals surface area contributed by atoms with Gasteiger partial charge in [-0.25, -0.2) is 4.98 Å². The number of hydrogen-bond acceptors (Lipinski definition) is 5. The van der Waals surface area contributed by atoms with Gasteiger partial charge in [-0.05, 0) is 86.3 Å². The number of benzene rings is 3. The molecule has 8 nitrogen and oxygen atoms in total. The molecule has 1 aliphatic rings. The lowest BCUT2D eigenvalue weighted by molar-refractivity contribution is -0.117. The van der Waals surface area contributed by atoms with Crippen molar-refractivity contribution >= 4 is 17.8 Å². The Labute approximate surface area is 228 Å². The van der Waals surface area contributed by atoms with E-state index in [0.29, 0.717) is 29.7 Å². The summed E-state index contributed by atoms with van der Waals surface area (Å²) in [6, 6.07) is 22.5. The van der Waals surface area contributed by atoms with E-state index in [-0.39, 0.29) is 18.4 Å². The number of imidazole rings is 1. The third-order valence-electron chi connectivity index (χ3n) is 6.79. The summed E-state index contributed by atoms with van der Waals surface area (Å²) in [6.45, 7) is 2.48. The average molecular weight is 525 g/mol. The Morgan fingerprint density at radius 2 is 1.54 bits per heavy atom. The van der Waals surface area contributed by atoms with Gasteiger partial charge < -0.3 is 14.4 Å². The number of amides is 2. The van der Waals surface area contributed by atoms with Crippen molar-refractivity contribution in [3.05, 3.63) is 90.1 Å².